The van der Waals surface area contributed by atoms with Gasteiger partial charge in [-0.1, -0.05) is 17.8 Å². The molecule has 0 aliphatic carbocycles. The van der Waals surface area contributed by atoms with Crippen LogP contribution < -0.4 is 10.1 Å². The molecule has 6 nitrogen and oxygen atoms in total. The molecule has 0 atom stereocenters. The number of ether oxygens (including phenoxy) is 1. The normalized spacial score (nSPS) is 17.8. The number of hydrogen-bond donors (Lipinski definition) is 1. The number of thioether (sulfide) groups is 1. The minimum Gasteiger partial charge on any atom is -0.497 e. The van der Waals surface area contributed by atoms with E-state index in [0.29, 0.717) is 0 Å². The number of aryl methyl sites for hydroxylation is 2. The molecule has 168 valence electrons. The van der Waals surface area contributed by atoms with Crippen molar-refractivity contribution in [1.82, 2.24) is 4.90 Å². The molecule has 2 aromatic rings. The first kappa shape index (κ1) is 22.6. The van der Waals surface area contributed by atoms with Crippen LogP contribution in [0.25, 0.3) is 0 Å². The van der Waals surface area contributed by atoms with Gasteiger partial charge in [0.1, 0.15) is 10.8 Å². The van der Waals surface area contributed by atoms with Crippen molar-refractivity contribution in [3.05, 3.63) is 59.2 Å². The van der Waals surface area contributed by atoms with E-state index < -0.39 is 5.66 Å². The van der Waals surface area contributed by atoms with Gasteiger partial charge in [-0.2, -0.15) is 0 Å². The lowest BCUT2D eigenvalue weighted by molar-refractivity contribution is -0.113. The summed E-state index contributed by atoms with van der Waals surface area (Å²) in [4.78, 5) is 25.1. The van der Waals surface area contributed by atoms with Crippen LogP contribution in [0.4, 0.5) is 5.69 Å². The predicted octanol–water partition coefficient (Wildman–Crippen LogP) is 4.31. The van der Waals surface area contributed by atoms with Gasteiger partial charge in [-0.3, -0.25) is 9.79 Å². The summed E-state index contributed by atoms with van der Waals surface area (Å²) in [7, 11) is 3.79. The molecular formula is C25H30N4O2S. The maximum atomic E-state index is 12.7. The van der Waals surface area contributed by atoms with Crippen LogP contribution in [-0.4, -0.2) is 60.2 Å². The lowest BCUT2D eigenvalue weighted by Gasteiger charge is -2.33. The summed E-state index contributed by atoms with van der Waals surface area (Å²) in [5, 5.41) is 3.86. The van der Waals surface area contributed by atoms with Crippen molar-refractivity contribution < 1.29 is 9.53 Å². The molecule has 1 spiro atoms. The standard InChI is InChI=1S/C25H30N4O2S/c1-17-13-18(2)15-20(14-17)26-22(30)16-32-24-23(19-5-7-21(31-4)8-6-19)27-25(28-24)9-11-29(3)12-10-25/h5-8,13-15H,9-12,16H2,1-4H3,(H,26,30). The highest BCUT2D eigenvalue weighted by atomic mass is 32.2. The minimum atomic E-state index is -0.408. The zero-order valence-electron chi connectivity index (χ0n) is 19.1. The van der Waals surface area contributed by atoms with Gasteiger partial charge in [0, 0.05) is 37.2 Å². The van der Waals surface area contributed by atoms with Gasteiger partial charge in [0.2, 0.25) is 5.91 Å². The van der Waals surface area contributed by atoms with Gasteiger partial charge in [0.05, 0.1) is 18.6 Å². The Morgan fingerprint density at radius 1 is 1.09 bits per heavy atom. The third-order valence-electron chi connectivity index (χ3n) is 5.83. The molecule has 0 radical (unpaired) electrons. The quantitative estimate of drug-likeness (QED) is 0.737. The van der Waals surface area contributed by atoms with E-state index in [0.717, 1.165) is 64.8 Å². The molecule has 4 rings (SSSR count). The summed E-state index contributed by atoms with van der Waals surface area (Å²) in [5.74, 6) is 1.05. The van der Waals surface area contributed by atoms with Crippen molar-refractivity contribution in [3.8, 4) is 5.75 Å². The highest BCUT2D eigenvalue weighted by molar-refractivity contribution is 8.16. The van der Waals surface area contributed by atoms with Crippen molar-refractivity contribution in [2.75, 3.05) is 38.3 Å². The molecule has 1 saturated heterocycles. The number of piperidine rings is 1. The van der Waals surface area contributed by atoms with Crippen LogP contribution in [0.15, 0.2) is 52.4 Å². The number of nitrogens with one attached hydrogen (secondary N) is 1. The molecular weight excluding hydrogens is 420 g/mol. The van der Waals surface area contributed by atoms with E-state index >= 15 is 0 Å². The molecule has 1 fully saturated rings. The highest BCUT2D eigenvalue weighted by Crippen LogP contribution is 2.35. The first-order valence-electron chi connectivity index (χ1n) is 10.9. The number of benzene rings is 2. The van der Waals surface area contributed by atoms with E-state index in [1.54, 1.807) is 7.11 Å². The average Bonchev–Trinajstić information content (AvgIpc) is 3.12. The number of aliphatic imine (C=N–C) groups is 2. The lowest BCUT2D eigenvalue weighted by Crippen LogP contribution is -2.39. The summed E-state index contributed by atoms with van der Waals surface area (Å²) >= 11 is 1.46. The second-order valence-corrected chi connectivity index (χ2v) is 9.57. The molecule has 2 heterocycles. The van der Waals surface area contributed by atoms with E-state index in [1.807, 2.05) is 50.2 Å². The number of anilines is 1. The van der Waals surface area contributed by atoms with Crippen molar-refractivity contribution in [2.45, 2.75) is 32.4 Å². The summed E-state index contributed by atoms with van der Waals surface area (Å²) in [6, 6.07) is 14.0. The zero-order chi connectivity index (χ0) is 22.7. The monoisotopic (exact) mass is 450 g/mol. The molecule has 32 heavy (non-hydrogen) atoms. The van der Waals surface area contributed by atoms with Gasteiger partial charge in [0.25, 0.3) is 0 Å². The van der Waals surface area contributed by atoms with Crippen molar-refractivity contribution in [2.24, 2.45) is 9.98 Å². The first-order valence-corrected chi connectivity index (χ1v) is 11.9. The lowest BCUT2D eigenvalue weighted by atomic mass is 9.99. The van der Waals surface area contributed by atoms with E-state index in [9.17, 15) is 4.79 Å². The Labute approximate surface area is 194 Å². The molecule has 0 saturated carbocycles. The van der Waals surface area contributed by atoms with Gasteiger partial charge < -0.3 is 15.0 Å². The Morgan fingerprint density at radius 3 is 2.38 bits per heavy atom. The van der Waals surface area contributed by atoms with Gasteiger partial charge >= 0.3 is 0 Å². The van der Waals surface area contributed by atoms with Gasteiger partial charge in [-0.05, 0) is 68.4 Å². The number of nitrogens with zero attached hydrogens (tertiary/aromatic N) is 3. The van der Waals surface area contributed by atoms with Crippen LogP contribution in [0, 0.1) is 13.8 Å². The summed E-state index contributed by atoms with van der Waals surface area (Å²) in [6.07, 6.45) is 1.78. The molecule has 1 amide bonds. The van der Waals surface area contributed by atoms with Gasteiger partial charge in [0.15, 0.2) is 5.66 Å². The molecule has 2 aromatic carbocycles. The molecule has 2 aliphatic rings. The number of hydrogen-bond acceptors (Lipinski definition) is 6. The van der Waals surface area contributed by atoms with E-state index in [2.05, 4.69) is 23.3 Å². The third-order valence-corrected chi connectivity index (χ3v) is 6.79. The number of amides is 1. The molecule has 0 unspecified atom stereocenters. The van der Waals surface area contributed by atoms with E-state index in [4.69, 9.17) is 14.7 Å². The Morgan fingerprint density at radius 2 is 1.75 bits per heavy atom. The average molecular weight is 451 g/mol. The maximum Gasteiger partial charge on any atom is 0.234 e. The van der Waals surface area contributed by atoms with Crippen LogP contribution >= 0.6 is 11.8 Å². The largest absolute Gasteiger partial charge is 0.497 e. The molecule has 0 bridgehead atoms. The van der Waals surface area contributed by atoms with E-state index in [1.165, 1.54) is 11.8 Å². The second-order valence-electron chi connectivity index (χ2n) is 8.60. The Bertz CT molecular complexity index is 1030. The van der Waals surface area contributed by atoms with Crippen LogP contribution in [0.1, 0.15) is 29.5 Å². The second kappa shape index (κ2) is 9.46. The van der Waals surface area contributed by atoms with Crippen LogP contribution in [0.3, 0.4) is 0 Å². The number of rotatable bonds is 5. The van der Waals surface area contributed by atoms with Crippen LogP contribution in [-0.2, 0) is 4.79 Å². The summed E-state index contributed by atoms with van der Waals surface area (Å²) in [5.41, 5.74) is 4.56. The van der Waals surface area contributed by atoms with Crippen molar-refractivity contribution >= 4 is 34.1 Å². The zero-order valence-corrected chi connectivity index (χ0v) is 20.0. The van der Waals surface area contributed by atoms with Crippen molar-refractivity contribution in [1.29, 1.82) is 0 Å². The molecule has 7 heteroatoms. The Kier molecular flexibility index (Phi) is 6.67. The fourth-order valence-corrected chi connectivity index (χ4v) is 5.01. The molecule has 2 aliphatic heterocycles. The fraction of sp³-hybridized carbons (Fsp3) is 0.400. The van der Waals surface area contributed by atoms with Crippen LogP contribution in [0.2, 0.25) is 0 Å². The first-order chi connectivity index (χ1) is 15.4. The maximum absolute atomic E-state index is 12.7. The highest BCUT2D eigenvalue weighted by Gasteiger charge is 2.39. The minimum absolute atomic E-state index is 0.0406. The van der Waals surface area contributed by atoms with Crippen molar-refractivity contribution in [3.63, 3.8) is 0 Å². The predicted molar refractivity (Wildman–Crippen MR) is 133 cm³/mol. The van der Waals surface area contributed by atoms with Crippen LogP contribution in [0.5, 0.6) is 5.75 Å². The van der Waals surface area contributed by atoms with E-state index in [-0.39, 0.29) is 11.7 Å². The summed E-state index contributed by atoms with van der Waals surface area (Å²) in [6.45, 7) is 5.99. The fourth-order valence-electron chi connectivity index (χ4n) is 4.14. The Hall–Kier alpha value is -2.64. The molecule has 1 N–H and O–H groups in total. The number of carbonyl (C=O) groups is 1. The van der Waals surface area contributed by atoms with Gasteiger partial charge in [-0.25, -0.2) is 4.99 Å². The third kappa shape index (κ3) is 5.22. The topological polar surface area (TPSA) is 66.3 Å². The number of methoxy groups -OCH3 is 1. The number of carbonyl (C=O) groups excluding carboxylic acids is 1. The number of likely N-dealkylation sites (tertiary alicyclic amines) is 1. The smallest absolute Gasteiger partial charge is 0.234 e. The molecule has 0 aromatic heterocycles. The Balaban J connectivity index is 1.51. The SMILES string of the molecule is COc1ccc(C2=NC3(CCN(C)CC3)N=C2SCC(=O)Nc2cc(C)cc(C)c2)cc1. The van der Waals surface area contributed by atoms with Gasteiger partial charge in [-0.15, -0.1) is 0 Å². The summed E-state index contributed by atoms with van der Waals surface area (Å²) < 4.78 is 5.30.